The van der Waals surface area contributed by atoms with Crippen LogP contribution in [0.1, 0.15) is 19.3 Å². The highest BCUT2D eigenvalue weighted by Crippen LogP contribution is 2.09. The summed E-state index contributed by atoms with van der Waals surface area (Å²) in [5, 5.41) is 0. The van der Waals surface area contributed by atoms with Gasteiger partial charge in [0.1, 0.15) is 0 Å². The van der Waals surface area contributed by atoms with E-state index in [9.17, 15) is 0 Å². The highest BCUT2D eigenvalue weighted by molar-refractivity contribution is 9.09. The van der Waals surface area contributed by atoms with E-state index in [4.69, 9.17) is 9.47 Å². The van der Waals surface area contributed by atoms with E-state index in [1.807, 2.05) is 0 Å². The monoisotopic (exact) mass is 224 g/mol. The van der Waals surface area contributed by atoms with Crippen LogP contribution in [0.4, 0.5) is 0 Å². The number of methoxy groups -OCH3 is 2. The molecule has 0 aliphatic rings. The molecule has 0 saturated heterocycles. The zero-order chi connectivity index (χ0) is 8.53. The van der Waals surface area contributed by atoms with E-state index >= 15 is 0 Å². The standard InChI is InChI=1S/C8H17BrO2/c1-10-6-4-3-5-8(9)7-11-2/h8H,3-7H2,1-2H3. The second-order valence-corrected chi connectivity index (χ2v) is 3.84. The van der Waals surface area contributed by atoms with Gasteiger partial charge in [-0.25, -0.2) is 0 Å². The van der Waals surface area contributed by atoms with Crippen molar-refractivity contribution in [2.45, 2.75) is 24.1 Å². The molecular weight excluding hydrogens is 208 g/mol. The summed E-state index contributed by atoms with van der Waals surface area (Å²) in [5.41, 5.74) is 0. The summed E-state index contributed by atoms with van der Waals surface area (Å²) in [4.78, 5) is 0.504. The van der Waals surface area contributed by atoms with Crippen molar-refractivity contribution in [2.24, 2.45) is 0 Å². The van der Waals surface area contributed by atoms with Crippen LogP contribution >= 0.6 is 15.9 Å². The summed E-state index contributed by atoms with van der Waals surface area (Å²) >= 11 is 3.52. The molecule has 0 aliphatic carbocycles. The van der Waals surface area contributed by atoms with Crippen molar-refractivity contribution >= 4 is 15.9 Å². The van der Waals surface area contributed by atoms with Crippen molar-refractivity contribution < 1.29 is 9.47 Å². The SMILES string of the molecule is COCCCCC(Br)COC. The molecule has 68 valence electrons. The van der Waals surface area contributed by atoms with Gasteiger partial charge in [-0.1, -0.05) is 15.9 Å². The van der Waals surface area contributed by atoms with Gasteiger partial charge < -0.3 is 9.47 Å². The molecule has 1 unspecified atom stereocenters. The quantitative estimate of drug-likeness (QED) is 0.488. The Morgan fingerprint density at radius 2 is 1.91 bits per heavy atom. The van der Waals surface area contributed by atoms with Crippen molar-refractivity contribution in [2.75, 3.05) is 27.4 Å². The molecule has 0 saturated carbocycles. The first-order chi connectivity index (χ1) is 5.31. The largest absolute Gasteiger partial charge is 0.385 e. The number of alkyl halides is 1. The summed E-state index contributed by atoms with van der Waals surface area (Å²) in [5.74, 6) is 0. The molecule has 11 heavy (non-hydrogen) atoms. The van der Waals surface area contributed by atoms with E-state index in [0.717, 1.165) is 26.1 Å². The first kappa shape index (κ1) is 11.4. The highest BCUT2D eigenvalue weighted by Gasteiger charge is 2.01. The van der Waals surface area contributed by atoms with Crippen molar-refractivity contribution in [3.05, 3.63) is 0 Å². The summed E-state index contributed by atoms with van der Waals surface area (Å²) < 4.78 is 9.92. The van der Waals surface area contributed by atoms with Crippen molar-refractivity contribution in [3.63, 3.8) is 0 Å². The van der Waals surface area contributed by atoms with Crippen LogP contribution in [0.3, 0.4) is 0 Å². The number of halogens is 1. The molecule has 0 aromatic carbocycles. The Balaban J connectivity index is 2.97. The van der Waals surface area contributed by atoms with Gasteiger partial charge >= 0.3 is 0 Å². The fraction of sp³-hybridized carbons (Fsp3) is 1.00. The van der Waals surface area contributed by atoms with E-state index in [1.54, 1.807) is 14.2 Å². The zero-order valence-electron chi connectivity index (χ0n) is 7.31. The lowest BCUT2D eigenvalue weighted by Gasteiger charge is -2.07. The number of unbranched alkanes of at least 4 members (excludes halogenated alkanes) is 1. The topological polar surface area (TPSA) is 18.5 Å². The number of rotatable bonds is 7. The molecule has 0 heterocycles. The Morgan fingerprint density at radius 1 is 1.18 bits per heavy atom. The van der Waals surface area contributed by atoms with Gasteiger partial charge in [-0.15, -0.1) is 0 Å². The maximum Gasteiger partial charge on any atom is 0.0587 e. The van der Waals surface area contributed by atoms with Crippen LogP contribution in [0.5, 0.6) is 0 Å². The summed E-state index contributed by atoms with van der Waals surface area (Å²) in [7, 11) is 3.46. The lowest BCUT2D eigenvalue weighted by molar-refractivity contribution is 0.184. The molecule has 1 atom stereocenters. The van der Waals surface area contributed by atoms with Gasteiger partial charge in [0, 0.05) is 25.7 Å². The molecule has 0 aromatic rings. The fourth-order valence-corrected chi connectivity index (χ4v) is 1.46. The van der Waals surface area contributed by atoms with Gasteiger partial charge in [0.15, 0.2) is 0 Å². The molecule has 0 rings (SSSR count). The smallest absolute Gasteiger partial charge is 0.0587 e. The molecular formula is C8H17BrO2. The number of hydrogen-bond acceptors (Lipinski definition) is 2. The molecule has 2 nitrogen and oxygen atoms in total. The van der Waals surface area contributed by atoms with E-state index in [1.165, 1.54) is 6.42 Å². The van der Waals surface area contributed by atoms with E-state index in [2.05, 4.69) is 15.9 Å². The molecule has 3 heteroatoms. The molecule has 0 spiro atoms. The van der Waals surface area contributed by atoms with Crippen LogP contribution < -0.4 is 0 Å². The van der Waals surface area contributed by atoms with Crippen LogP contribution in [0.25, 0.3) is 0 Å². The molecule has 0 amide bonds. The van der Waals surface area contributed by atoms with E-state index in [0.29, 0.717) is 4.83 Å². The fourth-order valence-electron chi connectivity index (χ4n) is 0.876. The number of ether oxygens (including phenoxy) is 2. The zero-order valence-corrected chi connectivity index (χ0v) is 8.89. The maximum atomic E-state index is 4.98. The molecule has 0 N–H and O–H groups in total. The van der Waals surface area contributed by atoms with Crippen molar-refractivity contribution in [1.82, 2.24) is 0 Å². The third-order valence-electron chi connectivity index (χ3n) is 1.46. The van der Waals surface area contributed by atoms with Crippen LogP contribution in [0.2, 0.25) is 0 Å². The van der Waals surface area contributed by atoms with Crippen molar-refractivity contribution in [1.29, 1.82) is 0 Å². The Labute approximate surface area is 77.4 Å². The highest BCUT2D eigenvalue weighted by atomic mass is 79.9. The first-order valence-corrected chi connectivity index (χ1v) is 4.84. The third-order valence-corrected chi connectivity index (χ3v) is 2.19. The lowest BCUT2D eigenvalue weighted by atomic mass is 10.2. The molecule has 0 aliphatic heterocycles. The van der Waals surface area contributed by atoms with Gasteiger partial charge in [0.25, 0.3) is 0 Å². The number of hydrogen-bond donors (Lipinski definition) is 0. The van der Waals surface area contributed by atoms with Crippen LogP contribution in [0, 0.1) is 0 Å². The van der Waals surface area contributed by atoms with Gasteiger partial charge in [-0.2, -0.15) is 0 Å². The second-order valence-electron chi connectivity index (χ2n) is 2.54. The van der Waals surface area contributed by atoms with Crippen LogP contribution in [-0.4, -0.2) is 32.3 Å². The van der Waals surface area contributed by atoms with Crippen LogP contribution in [0.15, 0.2) is 0 Å². The van der Waals surface area contributed by atoms with E-state index < -0.39 is 0 Å². The molecule has 0 radical (unpaired) electrons. The predicted molar refractivity (Wildman–Crippen MR) is 50.3 cm³/mol. The Kier molecular flexibility index (Phi) is 8.81. The summed E-state index contributed by atoms with van der Waals surface area (Å²) in [6, 6.07) is 0. The molecule has 0 fully saturated rings. The second kappa shape index (κ2) is 8.50. The van der Waals surface area contributed by atoms with Gasteiger partial charge in [0.2, 0.25) is 0 Å². The Morgan fingerprint density at radius 3 is 2.45 bits per heavy atom. The summed E-state index contributed by atoms with van der Waals surface area (Å²) in [6.45, 7) is 1.67. The Hall–Kier alpha value is 0.400. The first-order valence-electron chi connectivity index (χ1n) is 3.93. The maximum absolute atomic E-state index is 4.98. The molecule has 0 bridgehead atoms. The Bertz CT molecular complexity index is 78.5. The summed E-state index contributed by atoms with van der Waals surface area (Å²) in [6.07, 6.45) is 3.51. The minimum atomic E-state index is 0.504. The minimum absolute atomic E-state index is 0.504. The average molecular weight is 225 g/mol. The van der Waals surface area contributed by atoms with Gasteiger partial charge in [0.05, 0.1) is 6.61 Å². The van der Waals surface area contributed by atoms with Crippen LogP contribution in [-0.2, 0) is 9.47 Å². The van der Waals surface area contributed by atoms with E-state index in [-0.39, 0.29) is 0 Å². The molecule has 0 aromatic heterocycles. The average Bonchev–Trinajstić information content (AvgIpc) is 1.99. The normalized spacial score (nSPS) is 13.4. The lowest BCUT2D eigenvalue weighted by Crippen LogP contribution is -2.06. The minimum Gasteiger partial charge on any atom is -0.385 e. The van der Waals surface area contributed by atoms with Crippen molar-refractivity contribution in [3.8, 4) is 0 Å². The third kappa shape index (κ3) is 8.30. The van der Waals surface area contributed by atoms with Gasteiger partial charge in [-0.3, -0.25) is 0 Å². The van der Waals surface area contributed by atoms with Gasteiger partial charge in [-0.05, 0) is 19.3 Å². The predicted octanol–water partition coefficient (Wildman–Crippen LogP) is 2.21.